The van der Waals surface area contributed by atoms with E-state index in [0.717, 1.165) is 49.4 Å². The van der Waals surface area contributed by atoms with Crippen molar-refractivity contribution < 1.29 is 13.7 Å². The molecule has 0 bridgehead atoms. The molecule has 158 valence electrons. The van der Waals surface area contributed by atoms with Gasteiger partial charge in [0.15, 0.2) is 5.82 Å². The molecule has 8 nitrogen and oxygen atoms in total. The first-order valence-electron chi connectivity index (χ1n) is 10.4. The lowest BCUT2D eigenvalue weighted by Gasteiger charge is -2.33. The van der Waals surface area contributed by atoms with Gasteiger partial charge in [-0.25, -0.2) is 4.98 Å². The third-order valence-electron chi connectivity index (χ3n) is 5.43. The second-order valence-corrected chi connectivity index (χ2v) is 7.86. The molecule has 4 rings (SSSR count). The number of amides is 1. The summed E-state index contributed by atoms with van der Waals surface area (Å²) in [6.07, 6.45) is 6.95. The number of hydrogen-bond donors (Lipinski definition) is 1. The molecule has 1 aliphatic heterocycles. The summed E-state index contributed by atoms with van der Waals surface area (Å²) in [5.74, 6) is 2.95. The second-order valence-electron chi connectivity index (χ2n) is 7.86. The highest BCUT2D eigenvalue weighted by atomic mass is 16.5. The van der Waals surface area contributed by atoms with E-state index in [2.05, 4.69) is 25.3 Å². The van der Waals surface area contributed by atoms with E-state index in [1.54, 1.807) is 19.4 Å². The van der Waals surface area contributed by atoms with Crippen LogP contribution in [0.1, 0.15) is 37.8 Å². The lowest BCUT2D eigenvalue weighted by atomic mass is 9.96. The lowest BCUT2D eigenvalue weighted by Crippen LogP contribution is -2.45. The number of carbonyl (C=O) groups excluding carboxylic acids is 1. The summed E-state index contributed by atoms with van der Waals surface area (Å²) in [7, 11) is 0. The molecule has 2 atom stereocenters. The van der Waals surface area contributed by atoms with Gasteiger partial charge in [0.2, 0.25) is 5.91 Å². The molecule has 0 aliphatic carbocycles. The molecule has 4 heterocycles. The summed E-state index contributed by atoms with van der Waals surface area (Å²) >= 11 is 0. The van der Waals surface area contributed by atoms with Crippen LogP contribution in [0, 0.1) is 12.8 Å². The van der Waals surface area contributed by atoms with Crippen LogP contribution in [0.15, 0.2) is 45.7 Å². The highest BCUT2D eigenvalue weighted by Gasteiger charge is 2.27. The minimum absolute atomic E-state index is 0.0371. The Labute approximate surface area is 175 Å². The van der Waals surface area contributed by atoms with Gasteiger partial charge in [-0.15, -0.1) is 0 Å². The van der Waals surface area contributed by atoms with Gasteiger partial charge < -0.3 is 19.2 Å². The molecule has 30 heavy (non-hydrogen) atoms. The molecule has 1 fully saturated rings. The number of nitrogens with one attached hydrogen (secondary N) is 1. The summed E-state index contributed by atoms with van der Waals surface area (Å²) in [6.45, 7) is 5.39. The molecule has 0 radical (unpaired) electrons. The van der Waals surface area contributed by atoms with Crippen LogP contribution >= 0.6 is 0 Å². The van der Waals surface area contributed by atoms with Gasteiger partial charge in [0.1, 0.15) is 11.6 Å². The maximum absolute atomic E-state index is 12.8. The van der Waals surface area contributed by atoms with Crippen LogP contribution in [0.25, 0.3) is 11.5 Å². The van der Waals surface area contributed by atoms with E-state index in [1.165, 1.54) is 0 Å². The van der Waals surface area contributed by atoms with Crippen LogP contribution in [-0.2, 0) is 11.2 Å². The second kappa shape index (κ2) is 9.11. The predicted molar refractivity (Wildman–Crippen MR) is 112 cm³/mol. The summed E-state index contributed by atoms with van der Waals surface area (Å²) in [4.78, 5) is 23.7. The average molecular weight is 409 g/mol. The Balaban J connectivity index is 1.31. The quantitative estimate of drug-likeness (QED) is 0.639. The van der Waals surface area contributed by atoms with E-state index in [-0.39, 0.29) is 17.9 Å². The molecule has 8 heteroatoms. The van der Waals surface area contributed by atoms with E-state index < -0.39 is 0 Å². The third kappa shape index (κ3) is 4.87. The van der Waals surface area contributed by atoms with Crippen molar-refractivity contribution in [3.05, 3.63) is 48.3 Å². The molecule has 1 aliphatic rings. The molecule has 0 saturated carbocycles. The van der Waals surface area contributed by atoms with Gasteiger partial charge in [-0.1, -0.05) is 5.16 Å². The van der Waals surface area contributed by atoms with E-state index in [0.29, 0.717) is 18.3 Å². The van der Waals surface area contributed by atoms with Gasteiger partial charge >= 0.3 is 0 Å². The summed E-state index contributed by atoms with van der Waals surface area (Å²) in [5, 5.41) is 6.97. The maximum Gasteiger partial charge on any atom is 0.259 e. The van der Waals surface area contributed by atoms with E-state index in [1.807, 2.05) is 31.2 Å². The summed E-state index contributed by atoms with van der Waals surface area (Å²) < 4.78 is 10.6. The first kappa shape index (κ1) is 20.1. The maximum atomic E-state index is 12.8. The number of aryl methyl sites for hydroxylation is 2. The highest BCUT2D eigenvalue weighted by molar-refractivity contribution is 5.79. The first-order chi connectivity index (χ1) is 14.6. The number of furan rings is 1. The number of rotatable bonds is 7. The normalized spacial score (nSPS) is 17.7. The molecule has 0 unspecified atom stereocenters. The average Bonchev–Trinajstić information content (AvgIpc) is 3.44. The molecule has 1 saturated heterocycles. The Bertz CT molecular complexity index is 952. The van der Waals surface area contributed by atoms with Crippen molar-refractivity contribution in [3.63, 3.8) is 0 Å². The SMILES string of the molecule is Cc1noc(-c2ccc(N3CCC[C@@H](C(=O)N[C@@H](C)CCc4ccco4)C3)nc2)n1. The smallest absolute Gasteiger partial charge is 0.259 e. The number of pyridine rings is 1. The fourth-order valence-electron chi connectivity index (χ4n) is 3.76. The Morgan fingerprint density at radius 2 is 2.27 bits per heavy atom. The topological polar surface area (TPSA) is 97.3 Å². The minimum Gasteiger partial charge on any atom is -0.469 e. The number of aromatic nitrogens is 3. The molecule has 0 spiro atoms. The van der Waals surface area contributed by atoms with Crippen molar-refractivity contribution in [3.8, 4) is 11.5 Å². The van der Waals surface area contributed by atoms with Gasteiger partial charge in [-0.3, -0.25) is 4.79 Å². The van der Waals surface area contributed by atoms with E-state index in [9.17, 15) is 4.79 Å². The van der Waals surface area contributed by atoms with Gasteiger partial charge in [-0.2, -0.15) is 4.98 Å². The zero-order valence-electron chi connectivity index (χ0n) is 17.4. The summed E-state index contributed by atoms with van der Waals surface area (Å²) in [6, 6.07) is 7.83. The van der Waals surface area contributed by atoms with Gasteiger partial charge in [-0.05, 0) is 57.4 Å². The van der Waals surface area contributed by atoms with Crippen LogP contribution < -0.4 is 10.2 Å². The van der Waals surface area contributed by atoms with Gasteiger partial charge in [0.25, 0.3) is 5.89 Å². The van der Waals surface area contributed by atoms with Crippen LogP contribution in [0.2, 0.25) is 0 Å². The molecule has 1 N–H and O–H groups in total. The van der Waals surface area contributed by atoms with Crippen molar-refractivity contribution in [1.29, 1.82) is 0 Å². The van der Waals surface area contributed by atoms with Crippen LogP contribution in [0.5, 0.6) is 0 Å². The third-order valence-corrected chi connectivity index (χ3v) is 5.43. The molecular weight excluding hydrogens is 382 g/mol. The molecule has 1 amide bonds. The largest absolute Gasteiger partial charge is 0.469 e. The Morgan fingerprint density at radius 3 is 2.97 bits per heavy atom. The lowest BCUT2D eigenvalue weighted by molar-refractivity contribution is -0.125. The van der Waals surface area contributed by atoms with Crippen LogP contribution in [0.4, 0.5) is 5.82 Å². The Kier molecular flexibility index (Phi) is 6.11. The van der Waals surface area contributed by atoms with Crippen LogP contribution in [0.3, 0.4) is 0 Å². The Hall–Kier alpha value is -3.16. The van der Waals surface area contributed by atoms with Crippen LogP contribution in [-0.4, -0.2) is 40.2 Å². The minimum atomic E-state index is -0.0371. The zero-order valence-corrected chi connectivity index (χ0v) is 17.4. The van der Waals surface area contributed by atoms with Crippen molar-refractivity contribution >= 4 is 11.7 Å². The number of nitrogens with zero attached hydrogens (tertiary/aromatic N) is 4. The molecule has 0 aromatic carbocycles. The van der Waals surface area contributed by atoms with Gasteiger partial charge in [0.05, 0.1) is 17.7 Å². The van der Waals surface area contributed by atoms with Gasteiger partial charge in [0, 0.05) is 31.7 Å². The first-order valence-corrected chi connectivity index (χ1v) is 10.4. The van der Waals surface area contributed by atoms with Crippen molar-refractivity contribution in [1.82, 2.24) is 20.4 Å². The molecular formula is C22H27N5O3. The summed E-state index contributed by atoms with van der Waals surface area (Å²) in [5.41, 5.74) is 0.788. The number of hydrogen-bond acceptors (Lipinski definition) is 7. The fraction of sp³-hybridized carbons (Fsp3) is 0.455. The standard InChI is InChI=1S/C22H27N5O3/c1-15(7-9-19-6-4-12-29-19)24-21(28)18-5-3-11-27(14-18)20-10-8-17(13-23-20)22-25-16(2)26-30-22/h4,6,8,10,12-13,15,18H,3,5,7,9,11,14H2,1-2H3,(H,24,28)/t15-,18+/m0/s1. The van der Waals surface area contributed by atoms with Crippen molar-refractivity contribution in [2.45, 2.75) is 45.6 Å². The number of anilines is 1. The Morgan fingerprint density at radius 1 is 1.37 bits per heavy atom. The zero-order chi connectivity index (χ0) is 20.9. The number of piperidine rings is 1. The highest BCUT2D eigenvalue weighted by Crippen LogP contribution is 2.24. The molecule has 3 aromatic heterocycles. The molecule has 3 aromatic rings. The number of carbonyl (C=O) groups is 1. The monoisotopic (exact) mass is 409 g/mol. The fourth-order valence-corrected chi connectivity index (χ4v) is 3.76. The van der Waals surface area contributed by atoms with Crippen molar-refractivity contribution in [2.75, 3.05) is 18.0 Å². The van der Waals surface area contributed by atoms with E-state index in [4.69, 9.17) is 8.94 Å². The predicted octanol–water partition coefficient (Wildman–Crippen LogP) is 3.39. The van der Waals surface area contributed by atoms with Crippen molar-refractivity contribution in [2.24, 2.45) is 5.92 Å². The van der Waals surface area contributed by atoms with E-state index >= 15 is 0 Å².